The zero-order valence-electron chi connectivity index (χ0n) is 13.3. The van der Waals surface area contributed by atoms with Crippen molar-refractivity contribution >= 4 is 17.4 Å². The van der Waals surface area contributed by atoms with E-state index in [1.54, 1.807) is 0 Å². The molecule has 2 aromatic carbocycles. The Hall–Kier alpha value is -2.69. The lowest BCUT2D eigenvalue weighted by molar-refractivity contribution is 0.249. The number of nitrogens with one attached hydrogen (secondary N) is 2. The van der Waals surface area contributed by atoms with Crippen LogP contribution in [0.2, 0.25) is 0 Å². The molecule has 114 valence electrons. The van der Waals surface area contributed by atoms with Crippen LogP contribution in [0.4, 0.5) is 16.2 Å². The van der Waals surface area contributed by atoms with Crippen molar-refractivity contribution in [2.24, 2.45) is 10.2 Å². The first-order valence-electron chi connectivity index (χ1n) is 7.08. The molecule has 0 fully saturated rings. The van der Waals surface area contributed by atoms with E-state index in [1.165, 1.54) is 0 Å². The lowest BCUT2D eigenvalue weighted by Gasteiger charge is -2.09. The second-order valence-electron chi connectivity index (χ2n) is 5.36. The van der Waals surface area contributed by atoms with E-state index >= 15 is 0 Å². The van der Waals surface area contributed by atoms with Gasteiger partial charge in [0, 0.05) is 0 Å². The summed E-state index contributed by atoms with van der Waals surface area (Å²) >= 11 is 0. The van der Waals surface area contributed by atoms with Gasteiger partial charge in [-0.1, -0.05) is 29.4 Å². The quantitative estimate of drug-likeness (QED) is 0.634. The van der Waals surface area contributed by atoms with Crippen molar-refractivity contribution < 1.29 is 4.79 Å². The zero-order chi connectivity index (χ0) is 16.1. The van der Waals surface area contributed by atoms with Crippen molar-refractivity contribution in [3.05, 3.63) is 58.7 Å². The van der Waals surface area contributed by atoms with Crippen molar-refractivity contribution in [1.29, 1.82) is 0 Å². The third-order valence-corrected chi connectivity index (χ3v) is 3.31. The highest BCUT2D eigenvalue weighted by molar-refractivity contribution is 5.76. The molecule has 0 unspecified atom stereocenters. The topological polar surface area (TPSA) is 65.8 Å². The maximum Gasteiger partial charge on any atom is 0.378 e. The predicted octanol–water partition coefficient (Wildman–Crippen LogP) is 4.74. The highest BCUT2D eigenvalue weighted by atomic mass is 16.2. The second-order valence-corrected chi connectivity index (χ2v) is 5.36. The normalized spacial score (nSPS) is 10.7. The molecule has 0 spiro atoms. The van der Waals surface area contributed by atoms with Gasteiger partial charge in [-0.25, -0.2) is 10.2 Å². The molecule has 5 nitrogen and oxygen atoms in total. The van der Waals surface area contributed by atoms with E-state index in [9.17, 15) is 4.79 Å². The summed E-state index contributed by atoms with van der Waals surface area (Å²) in [6.07, 6.45) is 0. The second kappa shape index (κ2) is 6.85. The van der Waals surface area contributed by atoms with E-state index in [1.807, 2.05) is 64.1 Å². The molecule has 22 heavy (non-hydrogen) atoms. The number of urea groups is 1. The molecular formula is C17H20N4O. The molecule has 2 N–H and O–H groups in total. The van der Waals surface area contributed by atoms with Crippen LogP contribution in [0.15, 0.2) is 46.6 Å². The highest BCUT2D eigenvalue weighted by Crippen LogP contribution is 2.20. The molecular weight excluding hydrogens is 276 g/mol. The number of aryl methyl sites for hydroxylation is 4. The van der Waals surface area contributed by atoms with E-state index in [0.29, 0.717) is 5.69 Å². The SMILES string of the molecule is Cc1ccc(C)c(N=NC(=O)NNc2cc(C)ccc2C)c1. The van der Waals surface area contributed by atoms with Crippen LogP contribution in [0.5, 0.6) is 0 Å². The minimum Gasteiger partial charge on any atom is -0.297 e. The van der Waals surface area contributed by atoms with Crippen molar-refractivity contribution in [3.63, 3.8) is 0 Å². The third-order valence-electron chi connectivity index (χ3n) is 3.31. The van der Waals surface area contributed by atoms with Gasteiger partial charge in [-0.3, -0.25) is 5.43 Å². The average molecular weight is 296 g/mol. The Morgan fingerprint density at radius 2 is 1.55 bits per heavy atom. The molecule has 0 atom stereocenters. The fourth-order valence-corrected chi connectivity index (χ4v) is 1.94. The van der Waals surface area contributed by atoms with E-state index in [-0.39, 0.29) is 0 Å². The molecule has 0 aliphatic rings. The number of hydrogen-bond donors (Lipinski definition) is 2. The molecule has 0 bridgehead atoms. The molecule has 2 aromatic rings. The Labute approximate surface area is 130 Å². The van der Waals surface area contributed by atoms with Crippen LogP contribution in [0.1, 0.15) is 22.3 Å². The Morgan fingerprint density at radius 3 is 2.27 bits per heavy atom. The van der Waals surface area contributed by atoms with Crippen LogP contribution < -0.4 is 10.9 Å². The van der Waals surface area contributed by atoms with Crippen molar-refractivity contribution in [3.8, 4) is 0 Å². The number of nitrogens with zero attached hydrogens (tertiary/aromatic N) is 2. The van der Waals surface area contributed by atoms with Gasteiger partial charge in [-0.2, -0.15) is 0 Å². The molecule has 0 aromatic heterocycles. The minimum absolute atomic E-state index is 0.540. The number of azo groups is 1. The average Bonchev–Trinajstić information content (AvgIpc) is 2.49. The first kappa shape index (κ1) is 15.7. The molecule has 0 aliphatic carbocycles. The first-order chi connectivity index (χ1) is 10.5. The maximum atomic E-state index is 11.7. The van der Waals surface area contributed by atoms with Crippen LogP contribution >= 0.6 is 0 Å². The van der Waals surface area contributed by atoms with Crippen LogP contribution in [-0.4, -0.2) is 6.03 Å². The zero-order valence-corrected chi connectivity index (χ0v) is 13.3. The largest absolute Gasteiger partial charge is 0.378 e. The number of amides is 2. The predicted molar refractivity (Wildman–Crippen MR) is 88.5 cm³/mol. The highest BCUT2D eigenvalue weighted by Gasteiger charge is 2.02. The Kier molecular flexibility index (Phi) is 4.88. The molecule has 0 radical (unpaired) electrons. The summed E-state index contributed by atoms with van der Waals surface area (Å²) in [5.74, 6) is 0. The molecule has 2 rings (SSSR count). The monoisotopic (exact) mass is 296 g/mol. The Bertz CT molecular complexity index is 723. The Balaban J connectivity index is 1.99. The molecule has 0 saturated heterocycles. The van der Waals surface area contributed by atoms with Gasteiger partial charge in [0.1, 0.15) is 0 Å². The lowest BCUT2D eigenvalue weighted by atomic mass is 10.1. The molecule has 2 amide bonds. The summed E-state index contributed by atoms with van der Waals surface area (Å²) in [5, 5.41) is 7.67. The molecule has 0 aliphatic heterocycles. The number of anilines is 1. The number of hydrogen-bond acceptors (Lipinski definition) is 3. The fourth-order valence-electron chi connectivity index (χ4n) is 1.94. The molecule has 0 heterocycles. The fraction of sp³-hybridized carbons (Fsp3) is 0.235. The Morgan fingerprint density at radius 1 is 0.909 bits per heavy atom. The van der Waals surface area contributed by atoms with E-state index in [4.69, 9.17) is 0 Å². The summed E-state index contributed by atoms with van der Waals surface area (Å²) in [5.41, 5.74) is 11.1. The van der Waals surface area contributed by atoms with Crippen molar-refractivity contribution in [1.82, 2.24) is 5.43 Å². The number of hydrazine groups is 1. The summed E-state index contributed by atoms with van der Waals surface area (Å²) in [6, 6.07) is 11.3. The van der Waals surface area contributed by atoms with Crippen LogP contribution in [0.25, 0.3) is 0 Å². The van der Waals surface area contributed by atoms with Crippen LogP contribution in [-0.2, 0) is 0 Å². The summed E-state index contributed by atoms with van der Waals surface area (Å²) in [4.78, 5) is 11.7. The summed E-state index contributed by atoms with van der Waals surface area (Å²) < 4.78 is 0. The van der Waals surface area contributed by atoms with Gasteiger partial charge < -0.3 is 0 Å². The lowest BCUT2D eigenvalue weighted by Crippen LogP contribution is -2.26. The number of rotatable bonds is 3. The van der Waals surface area contributed by atoms with Crippen molar-refractivity contribution in [2.45, 2.75) is 27.7 Å². The molecule has 5 heteroatoms. The number of carbonyl (C=O) groups is 1. The maximum absolute atomic E-state index is 11.7. The van der Waals surface area contributed by atoms with E-state index < -0.39 is 6.03 Å². The van der Waals surface area contributed by atoms with Gasteiger partial charge in [-0.05, 0) is 62.1 Å². The van der Waals surface area contributed by atoms with Crippen molar-refractivity contribution in [2.75, 3.05) is 5.43 Å². The first-order valence-corrected chi connectivity index (χ1v) is 7.08. The van der Waals surface area contributed by atoms with E-state index in [0.717, 1.165) is 27.9 Å². The van der Waals surface area contributed by atoms with Gasteiger partial charge in [-0.15, -0.1) is 5.11 Å². The third kappa shape index (κ3) is 4.15. The smallest absolute Gasteiger partial charge is 0.297 e. The van der Waals surface area contributed by atoms with Gasteiger partial charge >= 0.3 is 6.03 Å². The summed E-state index contributed by atoms with van der Waals surface area (Å²) in [7, 11) is 0. The van der Waals surface area contributed by atoms with Crippen LogP contribution in [0.3, 0.4) is 0 Å². The van der Waals surface area contributed by atoms with Gasteiger partial charge in [0.25, 0.3) is 0 Å². The minimum atomic E-state index is -0.540. The standard InChI is InChI=1S/C17H20N4O/c1-11-5-7-13(3)15(9-11)18-20-17(22)21-19-16-10-12(2)6-8-14(16)4/h5-10,18H,1-4H3,(H,20,22). The van der Waals surface area contributed by atoms with Gasteiger partial charge in [0.2, 0.25) is 0 Å². The van der Waals surface area contributed by atoms with E-state index in [2.05, 4.69) is 21.1 Å². The van der Waals surface area contributed by atoms with Crippen LogP contribution in [0, 0.1) is 27.7 Å². The molecule has 0 saturated carbocycles. The van der Waals surface area contributed by atoms with Gasteiger partial charge in [0.15, 0.2) is 0 Å². The number of benzene rings is 2. The number of carbonyl (C=O) groups excluding carboxylic acids is 1. The van der Waals surface area contributed by atoms with Gasteiger partial charge in [0.05, 0.1) is 11.4 Å². The summed E-state index contributed by atoms with van der Waals surface area (Å²) in [6.45, 7) is 7.86.